The summed E-state index contributed by atoms with van der Waals surface area (Å²) in [5, 5.41) is 12.9. The molecule has 2 N–H and O–H groups in total. The van der Waals surface area contributed by atoms with Crippen LogP contribution in [0, 0.1) is 5.92 Å². The molecule has 0 saturated heterocycles. The SMILES string of the molecule is CCOc1ccccc1NC(=O)N(C)CC1CCCCC1O. The maximum absolute atomic E-state index is 12.3. The second-order valence-corrected chi connectivity index (χ2v) is 5.85. The van der Waals surface area contributed by atoms with Crippen LogP contribution in [0.4, 0.5) is 10.5 Å². The van der Waals surface area contributed by atoms with Crippen LogP contribution < -0.4 is 10.1 Å². The van der Waals surface area contributed by atoms with E-state index in [1.165, 1.54) is 0 Å². The zero-order chi connectivity index (χ0) is 15.9. The number of benzene rings is 1. The number of aliphatic hydroxyl groups excluding tert-OH is 1. The van der Waals surface area contributed by atoms with Crippen molar-refractivity contribution in [3.8, 4) is 5.75 Å². The van der Waals surface area contributed by atoms with Crippen molar-refractivity contribution in [3.63, 3.8) is 0 Å². The standard InChI is InChI=1S/C17H26N2O3/c1-3-22-16-11-7-5-9-14(16)18-17(21)19(2)12-13-8-4-6-10-15(13)20/h5,7,9,11,13,15,20H,3-4,6,8,10,12H2,1-2H3,(H,18,21). The van der Waals surface area contributed by atoms with E-state index in [1.54, 1.807) is 11.9 Å². The van der Waals surface area contributed by atoms with E-state index < -0.39 is 0 Å². The molecule has 2 atom stereocenters. The van der Waals surface area contributed by atoms with Gasteiger partial charge in [0.1, 0.15) is 5.75 Å². The minimum Gasteiger partial charge on any atom is -0.492 e. The van der Waals surface area contributed by atoms with Crippen LogP contribution in [0.3, 0.4) is 0 Å². The van der Waals surface area contributed by atoms with Crippen LogP contribution in [0.15, 0.2) is 24.3 Å². The summed E-state index contributed by atoms with van der Waals surface area (Å²) in [7, 11) is 1.76. The molecule has 1 aromatic carbocycles. The molecule has 2 amide bonds. The Hall–Kier alpha value is -1.75. The summed E-state index contributed by atoms with van der Waals surface area (Å²) in [5.41, 5.74) is 0.672. The molecule has 0 radical (unpaired) electrons. The minimum atomic E-state index is -0.292. The molecule has 1 aromatic rings. The van der Waals surface area contributed by atoms with E-state index in [4.69, 9.17) is 4.74 Å². The van der Waals surface area contributed by atoms with Crippen LogP contribution >= 0.6 is 0 Å². The highest BCUT2D eigenvalue weighted by Crippen LogP contribution is 2.26. The molecule has 0 spiro atoms. The van der Waals surface area contributed by atoms with Gasteiger partial charge in [0, 0.05) is 19.5 Å². The number of nitrogens with zero attached hydrogens (tertiary/aromatic N) is 1. The van der Waals surface area contributed by atoms with E-state index in [-0.39, 0.29) is 18.1 Å². The van der Waals surface area contributed by atoms with Crippen molar-refractivity contribution in [1.82, 2.24) is 4.90 Å². The Morgan fingerprint density at radius 2 is 2.09 bits per heavy atom. The quantitative estimate of drug-likeness (QED) is 0.878. The average molecular weight is 306 g/mol. The second-order valence-electron chi connectivity index (χ2n) is 5.85. The number of hydrogen-bond acceptors (Lipinski definition) is 3. The lowest BCUT2D eigenvalue weighted by Gasteiger charge is -2.31. The molecule has 5 nitrogen and oxygen atoms in total. The van der Waals surface area contributed by atoms with Crippen LogP contribution in [0.2, 0.25) is 0 Å². The van der Waals surface area contributed by atoms with E-state index >= 15 is 0 Å². The molecule has 1 aliphatic rings. The fourth-order valence-electron chi connectivity index (χ4n) is 2.90. The van der Waals surface area contributed by atoms with Crippen LogP contribution in [-0.4, -0.2) is 42.3 Å². The zero-order valence-electron chi connectivity index (χ0n) is 13.4. The average Bonchev–Trinajstić information content (AvgIpc) is 2.51. The summed E-state index contributed by atoms with van der Waals surface area (Å²) in [6.07, 6.45) is 3.74. The number of urea groups is 1. The highest BCUT2D eigenvalue weighted by molar-refractivity contribution is 5.90. The molecule has 122 valence electrons. The Morgan fingerprint density at radius 1 is 1.36 bits per heavy atom. The van der Waals surface area contributed by atoms with Crippen molar-refractivity contribution < 1.29 is 14.6 Å². The van der Waals surface area contributed by atoms with Crippen LogP contribution in [-0.2, 0) is 0 Å². The lowest BCUT2D eigenvalue weighted by atomic mass is 9.86. The van der Waals surface area contributed by atoms with E-state index in [1.807, 2.05) is 31.2 Å². The van der Waals surface area contributed by atoms with Crippen molar-refractivity contribution >= 4 is 11.7 Å². The summed E-state index contributed by atoms with van der Waals surface area (Å²) in [6, 6.07) is 7.23. The summed E-state index contributed by atoms with van der Waals surface area (Å²) in [5.74, 6) is 0.844. The Bertz CT molecular complexity index is 493. The number of ether oxygens (including phenoxy) is 1. The molecule has 2 rings (SSSR count). The van der Waals surface area contributed by atoms with Gasteiger partial charge in [-0.05, 0) is 31.9 Å². The smallest absolute Gasteiger partial charge is 0.321 e. The van der Waals surface area contributed by atoms with Gasteiger partial charge in [-0.25, -0.2) is 4.79 Å². The predicted octanol–water partition coefficient (Wildman–Crippen LogP) is 3.10. The maximum Gasteiger partial charge on any atom is 0.321 e. The van der Waals surface area contributed by atoms with Gasteiger partial charge in [-0.15, -0.1) is 0 Å². The minimum absolute atomic E-state index is 0.173. The van der Waals surface area contributed by atoms with Gasteiger partial charge in [0.05, 0.1) is 18.4 Å². The molecular weight excluding hydrogens is 280 g/mol. The Labute approximate surface area is 132 Å². The van der Waals surface area contributed by atoms with Crippen LogP contribution in [0.25, 0.3) is 0 Å². The fraction of sp³-hybridized carbons (Fsp3) is 0.588. The van der Waals surface area contributed by atoms with E-state index in [9.17, 15) is 9.90 Å². The van der Waals surface area contributed by atoms with E-state index in [0.717, 1.165) is 25.7 Å². The molecule has 0 bridgehead atoms. The van der Waals surface area contributed by atoms with E-state index in [0.29, 0.717) is 24.6 Å². The summed E-state index contributed by atoms with van der Waals surface area (Å²) in [4.78, 5) is 14.0. The molecule has 1 fully saturated rings. The number of nitrogens with one attached hydrogen (secondary N) is 1. The highest BCUT2D eigenvalue weighted by atomic mass is 16.5. The number of rotatable bonds is 5. The maximum atomic E-state index is 12.3. The normalized spacial score (nSPS) is 21.2. The zero-order valence-corrected chi connectivity index (χ0v) is 13.4. The van der Waals surface area contributed by atoms with Gasteiger partial charge in [-0.2, -0.15) is 0 Å². The van der Waals surface area contributed by atoms with Gasteiger partial charge < -0.3 is 20.1 Å². The van der Waals surface area contributed by atoms with Crippen molar-refractivity contribution in [2.45, 2.75) is 38.7 Å². The van der Waals surface area contributed by atoms with E-state index in [2.05, 4.69) is 5.32 Å². The highest BCUT2D eigenvalue weighted by Gasteiger charge is 2.25. The predicted molar refractivity (Wildman–Crippen MR) is 87.2 cm³/mol. The summed E-state index contributed by atoms with van der Waals surface area (Å²) in [6.45, 7) is 3.04. The number of anilines is 1. The first-order valence-corrected chi connectivity index (χ1v) is 8.03. The lowest BCUT2D eigenvalue weighted by Crippen LogP contribution is -2.40. The molecule has 1 aliphatic carbocycles. The van der Waals surface area contributed by atoms with Crippen molar-refractivity contribution in [1.29, 1.82) is 0 Å². The van der Waals surface area contributed by atoms with Crippen LogP contribution in [0.1, 0.15) is 32.6 Å². The Morgan fingerprint density at radius 3 is 2.82 bits per heavy atom. The molecule has 2 unspecified atom stereocenters. The molecular formula is C17H26N2O3. The molecule has 0 heterocycles. The van der Waals surface area contributed by atoms with Gasteiger partial charge in [0.25, 0.3) is 0 Å². The summed E-state index contributed by atoms with van der Waals surface area (Å²) >= 11 is 0. The molecule has 0 aromatic heterocycles. The van der Waals surface area contributed by atoms with Crippen LogP contribution in [0.5, 0.6) is 5.75 Å². The molecule has 22 heavy (non-hydrogen) atoms. The molecule has 1 saturated carbocycles. The number of amides is 2. The van der Waals surface area contributed by atoms with Gasteiger partial charge in [-0.1, -0.05) is 25.0 Å². The van der Waals surface area contributed by atoms with Gasteiger partial charge in [-0.3, -0.25) is 0 Å². The Kier molecular flexibility index (Phi) is 6.07. The van der Waals surface area contributed by atoms with Gasteiger partial charge in [0.2, 0.25) is 0 Å². The fourth-order valence-corrected chi connectivity index (χ4v) is 2.90. The molecule has 0 aliphatic heterocycles. The Balaban J connectivity index is 1.93. The lowest BCUT2D eigenvalue weighted by molar-refractivity contribution is 0.0575. The largest absolute Gasteiger partial charge is 0.492 e. The third-order valence-electron chi connectivity index (χ3n) is 4.15. The number of carbonyl (C=O) groups is 1. The van der Waals surface area contributed by atoms with Crippen molar-refractivity contribution in [3.05, 3.63) is 24.3 Å². The first-order valence-electron chi connectivity index (χ1n) is 8.03. The summed E-state index contributed by atoms with van der Waals surface area (Å²) < 4.78 is 5.51. The molecule has 5 heteroatoms. The number of para-hydroxylation sites is 2. The first kappa shape index (κ1) is 16.6. The third kappa shape index (κ3) is 4.37. The third-order valence-corrected chi connectivity index (χ3v) is 4.15. The first-order chi connectivity index (χ1) is 10.6. The van der Waals surface area contributed by atoms with Gasteiger partial charge >= 0.3 is 6.03 Å². The number of aliphatic hydroxyl groups is 1. The topological polar surface area (TPSA) is 61.8 Å². The van der Waals surface area contributed by atoms with Gasteiger partial charge in [0.15, 0.2) is 0 Å². The second kappa shape index (κ2) is 8.03. The van der Waals surface area contributed by atoms with Crippen molar-refractivity contribution in [2.75, 3.05) is 25.5 Å². The van der Waals surface area contributed by atoms with Crippen molar-refractivity contribution in [2.24, 2.45) is 5.92 Å². The monoisotopic (exact) mass is 306 g/mol. The number of carbonyl (C=O) groups excluding carboxylic acids is 1. The number of hydrogen-bond donors (Lipinski definition) is 2.